The Morgan fingerprint density at radius 2 is 1.72 bits per heavy atom. The molecule has 164 valence electrons. The fourth-order valence-corrected chi connectivity index (χ4v) is 5.62. The first kappa shape index (κ1) is 20.4. The first-order valence-electron chi connectivity index (χ1n) is 10.6. The third-order valence-electron chi connectivity index (χ3n) is 7.97. The van der Waals surface area contributed by atoms with Crippen LogP contribution in [0.2, 0.25) is 0 Å². The summed E-state index contributed by atoms with van der Waals surface area (Å²) in [6.45, 7) is 6.35. The SMILES string of the molecule is COc1ccc(NC(=O)C23CCC(C)(c4nc5ccc([N+](=O)[O-])cc5nc42)C3(C)C)cc1. The van der Waals surface area contributed by atoms with Gasteiger partial charge in [0, 0.05) is 23.2 Å². The molecule has 0 saturated heterocycles. The highest BCUT2D eigenvalue weighted by Gasteiger charge is 2.73. The molecule has 1 aromatic heterocycles. The fraction of sp³-hybridized carbons (Fsp3) is 0.375. The highest BCUT2D eigenvalue weighted by molar-refractivity contribution is 6.02. The van der Waals surface area contributed by atoms with Gasteiger partial charge in [-0.2, -0.15) is 0 Å². The molecule has 8 heteroatoms. The van der Waals surface area contributed by atoms with Crippen molar-refractivity contribution in [2.75, 3.05) is 12.4 Å². The number of amides is 1. The van der Waals surface area contributed by atoms with E-state index in [9.17, 15) is 14.9 Å². The van der Waals surface area contributed by atoms with Crippen LogP contribution >= 0.6 is 0 Å². The number of nitrogens with zero attached hydrogens (tertiary/aromatic N) is 3. The highest BCUT2D eigenvalue weighted by Crippen LogP contribution is 2.70. The number of non-ortho nitro benzene ring substituents is 1. The molecule has 1 saturated carbocycles. The second kappa shape index (κ2) is 6.48. The van der Waals surface area contributed by atoms with Crippen molar-refractivity contribution in [3.8, 4) is 5.75 Å². The van der Waals surface area contributed by atoms with Crippen molar-refractivity contribution < 1.29 is 14.5 Å². The number of hydrogen-bond donors (Lipinski definition) is 1. The van der Waals surface area contributed by atoms with Gasteiger partial charge in [0.2, 0.25) is 5.91 Å². The summed E-state index contributed by atoms with van der Waals surface area (Å²) in [6.07, 6.45) is 1.46. The lowest BCUT2D eigenvalue weighted by Crippen LogP contribution is -2.48. The standard InChI is InChI=1S/C24H24N4O4/c1-22(2)23(3)11-12-24(22,21(29)25-14-5-8-16(32-4)9-6-14)20-19(23)26-17-10-7-15(28(30)31)13-18(17)27-20/h5-10,13H,11-12H2,1-4H3,(H,25,29). The van der Waals surface area contributed by atoms with Crippen molar-refractivity contribution >= 4 is 28.3 Å². The molecule has 8 nitrogen and oxygen atoms in total. The molecule has 1 heterocycles. The second-order valence-electron chi connectivity index (χ2n) is 9.40. The zero-order chi connectivity index (χ0) is 22.9. The van der Waals surface area contributed by atoms with Crippen LogP contribution in [0.3, 0.4) is 0 Å². The summed E-state index contributed by atoms with van der Waals surface area (Å²) in [5.41, 5.74) is 1.46. The molecule has 1 fully saturated rings. The molecular weight excluding hydrogens is 408 g/mol. The summed E-state index contributed by atoms with van der Waals surface area (Å²) >= 11 is 0. The van der Waals surface area contributed by atoms with Gasteiger partial charge in [0.1, 0.15) is 5.75 Å². The van der Waals surface area contributed by atoms with Gasteiger partial charge in [-0.25, -0.2) is 9.97 Å². The molecule has 2 bridgehead atoms. The molecule has 1 N–H and O–H groups in total. The van der Waals surface area contributed by atoms with Gasteiger partial charge in [0.25, 0.3) is 5.69 Å². The summed E-state index contributed by atoms with van der Waals surface area (Å²) in [7, 11) is 1.59. The number of nitro benzene ring substituents is 1. The van der Waals surface area contributed by atoms with Crippen LogP contribution in [-0.4, -0.2) is 27.9 Å². The van der Waals surface area contributed by atoms with Crippen LogP contribution in [0, 0.1) is 15.5 Å². The number of rotatable bonds is 4. The molecule has 5 rings (SSSR count). The van der Waals surface area contributed by atoms with E-state index in [-0.39, 0.29) is 17.0 Å². The Hall–Kier alpha value is -3.55. The minimum atomic E-state index is -0.886. The Bertz CT molecular complexity index is 1290. The number of methoxy groups -OCH3 is 1. The Labute approximate surface area is 185 Å². The zero-order valence-corrected chi connectivity index (χ0v) is 18.4. The van der Waals surface area contributed by atoms with Crippen LogP contribution in [0.15, 0.2) is 42.5 Å². The number of nitrogens with one attached hydrogen (secondary N) is 1. The van der Waals surface area contributed by atoms with Crippen LogP contribution in [0.4, 0.5) is 11.4 Å². The minimum Gasteiger partial charge on any atom is -0.497 e. The van der Waals surface area contributed by atoms with E-state index >= 15 is 0 Å². The van der Waals surface area contributed by atoms with E-state index in [0.29, 0.717) is 34.6 Å². The predicted molar refractivity (Wildman–Crippen MR) is 120 cm³/mol. The first-order valence-corrected chi connectivity index (χ1v) is 10.6. The van der Waals surface area contributed by atoms with Crippen LogP contribution in [0.1, 0.15) is 45.0 Å². The zero-order valence-electron chi connectivity index (χ0n) is 18.4. The molecule has 0 spiro atoms. The van der Waals surface area contributed by atoms with E-state index in [1.54, 1.807) is 37.4 Å². The van der Waals surface area contributed by atoms with Crippen LogP contribution in [0.5, 0.6) is 5.75 Å². The molecule has 2 atom stereocenters. The van der Waals surface area contributed by atoms with E-state index in [1.165, 1.54) is 12.1 Å². The fourth-order valence-electron chi connectivity index (χ4n) is 5.62. The maximum Gasteiger partial charge on any atom is 0.271 e. The predicted octanol–water partition coefficient (Wildman–Crippen LogP) is 4.51. The molecule has 2 unspecified atom stereocenters. The summed E-state index contributed by atoms with van der Waals surface area (Å²) < 4.78 is 5.20. The number of hydrogen-bond acceptors (Lipinski definition) is 6. The van der Waals surface area contributed by atoms with Crippen molar-refractivity contribution in [2.45, 2.75) is 44.4 Å². The monoisotopic (exact) mass is 432 g/mol. The lowest BCUT2D eigenvalue weighted by molar-refractivity contribution is -0.384. The number of benzene rings is 2. The van der Waals surface area contributed by atoms with E-state index in [4.69, 9.17) is 14.7 Å². The quantitative estimate of drug-likeness (QED) is 0.480. The second-order valence-corrected chi connectivity index (χ2v) is 9.40. The minimum absolute atomic E-state index is 0.0443. The number of nitro groups is 1. The highest BCUT2D eigenvalue weighted by atomic mass is 16.6. The summed E-state index contributed by atoms with van der Waals surface area (Å²) in [6, 6.07) is 11.7. The van der Waals surface area contributed by atoms with Gasteiger partial charge >= 0.3 is 0 Å². The van der Waals surface area contributed by atoms with Crippen molar-refractivity contribution in [3.63, 3.8) is 0 Å². The van der Waals surface area contributed by atoms with Gasteiger partial charge in [-0.1, -0.05) is 20.8 Å². The van der Waals surface area contributed by atoms with Gasteiger partial charge in [-0.15, -0.1) is 0 Å². The smallest absolute Gasteiger partial charge is 0.271 e. The molecule has 3 aromatic rings. The molecule has 2 aliphatic carbocycles. The van der Waals surface area contributed by atoms with E-state index in [2.05, 4.69) is 26.1 Å². The van der Waals surface area contributed by atoms with E-state index in [1.807, 2.05) is 0 Å². The lowest BCUT2D eigenvalue weighted by Gasteiger charge is -2.39. The normalized spacial score (nSPS) is 24.9. The maximum absolute atomic E-state index is 13.9. The number of anilines is 1. The average molecular weight is 432 g/mol. The van der Waals surface area contributed by atoms with Gasteiger partial charge in [-0.3, -0.25) is 14.9 Å². The molecule has 2 aromatic carbocycles. The summed E-state index contributed by atoms with van der Waals surface area (Å²) in [5, 5.41) is 14.3. The number of aromatic nitrogens is 2. The third-order valence-corrected chi connectivity index (χ3v) is 7.97. The molecular formula is C24H24N4O4. The summed E-state index contributed by atoms with van der Waals surface area (Å²) in [5.74, 6) is 0.578. The molecule has 0 aliphatic heterocycles. The molecule has 32 heavy (non-hydrogen) atoms. The van der Waals surface area contributed by atoms with Crippen molar-refractivity contribution in [1.82, 2.24) is 9.97 Å². The number of carbonyl (C=O) groups excluding carboxylic acids is 1. The Morgan fingerprint density at radius 3 is 2.38 bits per heavy atom. The number of fused-ring (bicyclic) bond motifs is 6. The van der Waals surface area contributed by atoms with Crippen molar-refractivity contribution in [3.05, 3.63) is 64.0 Å². The Morgan fingerprint density at radius 1 is 1.03 bits per heavy atom. The van der Waals surface area contributed by atoms with E-state index < -0.39 is 15.8 Å². The van der Waals surface area contributed by atoms with Crippen LogP contribution < -0.4 is 10.1 Å². The van der Waals surface area contributed by atoms with Gasteiger partial charge < -0.3 is 10.1 Å². The lowest BCUT2D eigenvalue weighted by atomic mass is 9.63. The van der Waals surface area contributed by atoms with Gasteiger partial charge in [0.15, 0.2) is 0 Å². The van der Waals surface area contributed by atoms with Crippen molar-refractivity contribution in [2.24, 2.45) is 5.41 Å². The number of carbonyl (C=O) groups is 1. The van der Waals surface area contributed by atoms with Gasteiger partial charge in [-0.05, 0) is 48.6 Å². The molecule has 2 aliphatic rings. The Balaban J connectivity index is 1.66. The third kappa shape index (κ3) is 2.40. The van der Waals surface area contributed by atoms with Gasteiger partial charge in [0.05, 0.1) is 39.9 Å². The van der Waals surface area contributed by atoms with Crippen molar-refractivity contribution in [1.29, 1.82) is 0 Å². The topological polar surface area (TPSA) is 107 Å². The summed E-state index contributed by atoms with van der Waals surface area (Å²) in [4.78, 5) is 34.4. The largest absolute Gasteiger partial charge is 0.497 e. The van der Waals surface area contributed by atoms with E-state index in [0.717, 1.165) is 12.1 Å². The average Bonchev–Trinajstić information content (AvgIpc) is 3.07. The van der Waals surface area contributed by atoms with Crippen LogP contribution in [0.25, 0.3) is 11.0 Å². The number of ether oxygens (including phenoxy) is 1. The molecule has 0 radical (unpaired) electrons. The molecule has 1 amide bonds. The van der Waals surface area contributed by atoms with Crippen LogP contribution in [-0.2, 0) is 15.6 Å². The Kier molecular flexibility index (Phi) is 4.12. The first-order chi connectivity index (χ1) is 15.1. The maximum atomic E-state index is 13.9.